The fraction of sp³-hybridized carbons (Fsp3) is 0.111. The number of halogens is 1. The molecule has 7 nitrogen and oxygen atoms in total. The Morgan fingerprint density at radius 3 is 2.58 bits per heavy atom. The number of nitrogens with one attached hydrogen (secondary N) is 1. The minimum absolute atomic E-state index is 0.309. The zero-order chi connectivity index (χ0) is 18.7. The first kappa shape index (κ1) is 17.6. The van der Waals surface area contributed by atoms with Crippen molar-refractivity contribution in [1.29, 1.82) is 0 Å². The van der Waals surface area contributed by atoms with Crippen molar-refractivity contribution < 1.29 is 19.1 Å². The van der Waals surface area contributed by atoms with Crippen LogP contribution in [0.15, 0.2) is 53.5 Å². The highest BCUT2D eigenvalue weighted by molar-refractivity contribution is 6.33. The standard InChI is InChI=1S/C18H14ClN3O4/c1-26-14-4-2-3-12(9-14)20-10-15-16(23)21-18(25)22(17(15)24)13-7-5-11(19)6-8-13/h2-10,15H,1H3,(H,21,23,25)/t15-/m1/s1. The predicted molar refractivity (Wildman–Crippen MR) is 97.1 cm³/mol. The highest BCUT2D eigenvalue weighted by Crippen LogP contribution is 2.23. The number of barbiturate groups is 1. The van der Waals surface area contributed by atoms with Crippen LogP contribution in [0.4, 0.5) is 16.2 Å². The van der Waals surface area contributed by atoms with Gasteiger partial charge in [0.25, 0.3) is 5.91 Å². The zero-order valence-corrected chi connectivity index (χ0v) is 14.4. The van der Waals surface area contributed by atoms with E-state index in [1.165, 1.54) is 25.5 Å². The van der Waals surface area contributed by atoms with Crippen LogP contribution in [-0.4, -0.2) is 31.2 Å². The van der Waals surface area contributed by atoms with Crippen LogP contribution < -0.4 is 15.0 Å². The molecule has 0 spiro atoms. The molecule has 0 unspecified atom stereocenters. The van der Waals surface area contributed by atoms with Gasteiger partial charge < -0.3 is 4.74 Å². The Labute approximate surface area is 154 Å². The van der Waals surface area contributed by atoms with Crippen molar-refractivity contribution in [2.75, 3.05) is 12.0 Å². The molecule has 1 aliphatic rings. The molecular weight excluding hydrogens is 358 g/mol. The summed E-state index contributed by atoms with van der Waals surface area (Å²) in [6.07, 6.45) is 1.21. The Morgan fingerprint density at radius 2 is 1.88 bits per heavy atom. The molecule has 1 N–H and O–H groups in total. The van der Waals surface area contributed by atoms with Gasteiger partial charge in [-0.15, -0.1) is 0 Å². The minimum Gasteiger partial charge on any atom is -0.497 e. The number of ether oxygens (including phenoxy) is 1. The van der Waals surface area contributed by atoms with Crippen molar-refractivity contribution in [2.45, 2.75) is 0 Å². The third kappa shape index (κ3) is 3.57. The molecule has 8 heteroatoms. The summed E-state index contributed by atoms with van der Waals surface area (Å²) < 4.78 is 5.10. The Bertz CT molecular complexity index is 896. The highest BCUT2D eigenvalue weighted by Gasteiger charge is 2.40. The molecule has 1 saturated heterocycles. The maximum absolute atomic E-state index is 12.7. The van der Waals surface area contributed by atoms with Gasteiger partial charge in [0.15, 0.2) is 5.92 Å². The normalized spacial score (nSPS) is 17.5. The fourth-order valence-electron chi connectivity index (χ4n) is 2.41. The predicted octanol–water partition coefficient (Wildman–Crippen LogP) is 2.95. The number of anilines is 1. The Balaban J connectivity index is 1.87. The summed E-state index contributed by atoms with van der Waals surface area (Å²) in [4.78, 5) is 41.9. The number of aliphatic imine (C=N–C) groups is 1. The van der Waals surface area contributed by atoms with Crippen molar-refractivity contribution >= 4 is 47.0 Å². The first-order valence-electron chi connectivity index (χ1n) is 7.62. The maximum Gasteiger partial charge on any atom is 0.335 e. The van der Waals surface area contributed by atoms with Gasteiger partial charge in [-0.3, -0.25) is 19.9 Å². The second-order valence-electron chi connectivity index (χ2n) is 5.40. The number of imide groups is 2. The zero-order valence-electron chi connectivity index (χ0n) is 13.7. The fourth-order valence-corrected chi connectivity index (χ4v) is 2.53. The maximum atomic E-state index is 12.7. The number of hydrogen-bond donors (Lipinski definition) is 1. The summed E-state index contributed by atoms with van der Waals surface area (Å²) in [7, 11) is 1.52. The van der Waals surface area contributed by atoms with Gasteiger partial charge >= 0.3 is 6.03 Å². The molecule has 1 fully saturated rings. The summed E-state index contributed by atoms with van der Waals surface area (Å²) in [5, 5.41) is 2.62. The minimum atomic E-state index is -1.23. The molecule has 1 atom stereocenters. The molecule has 2 aromatic carbocycles. The Kier molecular flexibility index (Phi) is 4.99. The van der Waals surface area contributed by atoms with Gasteiger partial charge in [0.2, 0.25) is 5.91 Å². The molecular formula is C18H14ClN3O4. The van der Waals surface area contributed by atoms with Crippen LogP contribution >= 0.6 is 11.6 Å². The summed E-state index contributed by atoms with van der Waals surface area (Å²) in [6, 6.07) is 12.2. The highest BCUT2D eigenvalue weighted by atomic mass is 35.5. The number of methoxy groups -OCH3 is 1. The number of carbonyl (C=O) groups is 3. The summed E-state index contributed by atoms with van der Waals surface area (Å²) in [5.41, 5.74) is 0.823. The number of rotatable bonds is 4. The van der Waals surface area contributed by atoms with E-state index in [4.69, 9.17) is 16.3 Å². The van der Waals surface area contributed by atoms with Gasteiger partial charge in [0.05, 0.1) is 18.5 Å². The second-order valence-corrected chi connectivity index (χ2v) is 5.84. The topological polar surface area (TPSA) is 88.1 Å². The van der Waals surface area contributed by atoms with Gasteiger partial charge in [-0.25, -0.2) is 9.69 Å². The first-order valence-corrected chi connectivity index (χ1v) is 8.00. The van der Waals surface area contributed by atoms with Crippen LogP contribution in [-0.2, 0) is 9.59 Å². The quantitative estimate of drug-likeness (QED) is 0.661. The van der Waals surface area contributed by atoms with Crippen LogP contribution in [0.25, 0.3) is 0 Å². The van der Waals surface area contributed by atoms with Gasteiger partial charge in [-0.05, 0) is 36.4 Å². The van der Waals surface area contributed by atoms with E-state index < -0.39 is 23.8 Å². The lowest BCUT2D eigenvalue weighted by molar-refractivity contribution is -0.131. The summed E-state index contributed by atoms with van der Waals surface area (Å²) >= 11 is 5.83. The average Bonchev–Trinajstić information content (AvgIpc) is 2.63. The van der Waals surface area contributed by atoms with E-state index >= 15 is 0 Å². The van der Waals surface area contributed by atoms with E-state index in [2.05, 4.69) is 10.3 Å². The van der Waals surface area contributed by atoms with E-state index in [0.717, 1.165) is 4.90 Å². The van der Waals surface area contributed by atoms with E-state index in [1.54, 1.807) is 36.4 Å². The van der Waals surface area contributed by atoms with Crippen LogP contribution in [0.5, 0.6) is 5.75 Å². The van der Waals surface area contributed by atoms with Crippen molar-refractivity contribution in [3.05, 3.63) is 53.6 Å². The number of nitrogens with zero attached hydrogens (tertiary/aromatic N) is 2. The SMILES string of the molecule is COc1cccc(N=C[C@@H]2C(=O)NC(=O)N(c3ccc(Cl)cc3)C2=O)c1. The molecule has 0 saturated carbocycles. The Hall–Kier alpha value is -3.19. The monoisotopic (exact) mass is 371 g/mol. The molecule has 1 heterocycles. The van der Waals surface area contributed by atoms with Crippen molar-refractivity contribution in [3.8, 4) is 5.75 Å². The number of hydrogen-bond acceptors (Lipinski definition) is 5. The largest absolute Gasteiger partial charge is 0.497 e. The third-order valence-electron chi connectivity index (χ3n) is 3.71. The number of carbonyl (C=O) groups excluding carboxylic acids is 3. The van der Waals surface area contributed by atoms with Crippen molar-refractivity contribution in [3.63, 3.8) is 0 Å². The number of benzene rings is 2. The van der Waals surface area contributed by atoms with E-state index in [0.29, 0.717) is 22.1 Å². The summed E-state index contributed by atoms with van der Waals surface area (Å²) in [6.45, 7) is 0. The summed E-state index contributed by atoms with van der Waals surface area (Å²) in [5.74, 6) is -2.05. The second kappa shape index (κ2) is 7.37. The van der Waals surface area contributed by atoms with Crippen molar-refractivity contribution in [1.82, 2.24) is 5.32 Å². The average molecular weight is 372 g/mol. The molecule has 0 aliphatic carbocycles. The van der Waals surface area contributed by atoms with Crippen LogP contribution in [0.3, 0.4) is 0 Å². The van der Waals surface area contributed by atoms with Gasteiger partial charge in [-0.1, -0.05) is 17.7 Å². The lowest BCUT2D eigenvalue weighted by atomic mass is 10.1. The van der Waals surface area contributed by atoms with E-state index in [1.807, 2.05) is 0 Å². The van der Waals surface area contributed by atoms with Gasteiger partial charge in [-0.2, -0.15) is 0 Å². The molecule has 0 bridgehead atoms. The van der Waals surface area contributed by atoms with Crippen LogP contribution in [0.1, 0.15) is 0 Å². The van der Waals surface area contributed by atoms with Gasteiger partial charge in [0.1, 0.15) is 5.75 Å². The molecule has 0 radical (unpaired) electrons. The number of urea groups is 1. The van der Waals surface area contributed by atoms with Crippen LogP contribution in [0, 0.1) is 5.92 Å². The third-order valence-corrected chi connectivity index (χ3v) is 3.96. The molecule has 26 heavy (non-hydrogen) atoms. The molecule has 0 aromatic heterocycles. The number of amides is 4. The lowest BCUT2D eigenvalue weighted by Gasteiger charge is -2.28. The smallest absolute Gasteiger partial charge is 0.335 e. The lowest BCUT2D eigenvalue weighted by Crippen LogP contribution is -2.58. The molecule has 1 aliphatic heterocycles. The van der Waals surface area contributed by atoms with Gasteiger partial charge in [0, 0.05) is 17.3 Å². The molecule has 3 rings (SSSR count). The Morgan fingerprint density at radius 1 is 1.15 bits per heavy atom. The molecule has 132 valence electrons. The molecule has 2 aromatic rings. The van der Waals surface area contributed by atoms with E-state index in [9.17, 15) is 14.4 Å². The molecule has 4 amide bonds. The van der Waals surface area contributed by atoms with Crippen LogP contribution in [0.2, 0.25) is 5.02 Å². The van der Waals surface area contributed by atoms with Crippen molar-refractivity contribution in [2.24, 2.45) is 10.9 Å². The van der Waals surface area contributed by atoms with E-state index in [-0.39, 0.29) is 0 Å². The first-order chi connectivity index (χ1) is 12.5.